The molecule has 0 aliphatic rings. The standard InChI is InChI=1S/C15H24ClN3O3S/c1-3-17-15(18-8-9-22-10-11-23(2,20)21)19-12-13-6-4-5-7-14(13)16/h4-7H,3,8-12H2,1-2H3,(H2,17,18,19). The van der Waals surface area contributed by atoms with Gasteiger partial charge in [0.15, 0.2) is 5.96 Å². The monoisotopic (exact) mass is 361 g/mol. The third kappa shape index (κ3) is 9.43. The summed E-state index contributed by atoms with van der Waals surface area (Å²) in [6.45, 7) is 4.35. The van der Waals surface area contributed by atoms with Crippen molar-refractivity contribution in [1.29, 1.82) is 0 Å². The van der Waals surface area contributed by atoms with E-state index in [1.54, 1.807) is 0 Å². The van der Waals surface area contributed by atoms with E-state index >= 15 is 0 Å². The topological polar surface area (TPSA) is 79.8 Å². The molecule has 0 heterocycles. The van der Waals surface area contributed by atoms with Crippen LogP contribution in [-0.2, 0) is 21.1 Å². The Morgan fingerprint density at radius 1 is 1.26 bits per heavy atom. The fraction of sp³-hybridized carbons (Fsp3) is 0.533. The second kappa shape index (κ2) is 10.5. The lowest BCUT2D eigenvalue weighted by molar-refractivity contribution is 0.154. The van der Waals surface area contributed by atoms with E-state index in [4.69, 9.17) is 16.3 Å². The first kappa shape index (κ1) is 19.7. The van der Waals surface area contributed by atoms with Crippen LogP contribution in [0.15, 0.2) is 29.3 Å². The number of aliphatic imine (C=N–C) groups is 1. The first-order chi connectivity index (χ1) is 10.9. The number of nitrogens with one attached hydrogen (secondary N) is 2. The van der Waals surface area contributed by atoms with Gasteiger partial charge in [0.1, 0.15) is 9.84 Å². The molecule has 0 fully saturated rings. The van der Waals surface area contributed by atoms with Gasteiger partial charge in [-0.15, -0.1) is 0 Å². The molecular weight excluding hydrogens is 338 g/mol. The van der Waals surface area contributed by atoms with Crippen molar-refractivity contribution in [3.63, 3.8) is 0 Å². The van der Waals surface area contributed by atoms with Crippen molar-refractivity contribution in [2.75, 3.05) is 38.3 Å². The van der Waals surface area contributed by atoms with Gasteiger partial charge in [0, 0.05) is 24.4 Å². The second-order valence-electron chi connectivity index (χ2n) is 4.96. The SMILES string of the molecule is CCNC(=NCc1ccccc1Cl)NCCOCCS(C)(=O)=O. The largest absolute Gasteiger partial charge is 0.379 e. The molecule has 23 heavy (non-hydrogen) atoms. The summed E-state index contributed by atoms with van der Waals surface area (Å²) in [5, 5.41) is 6.95. The minimum Gasteiger partial charge on any atom is -0.379 e. The fourth-order valence-electron chi connectivity index (χ4n) is 1.69. The van der Waals surface area contributed by atoms with Crippen LogP contribution in [0.5, 0.6) is 0 Å². The lowest BCUT2D eigenvalue weighted by Crippen LogP contribution is -2.39. The van der Waals surface area contributed by atoms with E-state index in [1.165, 1.54) is 6.26 Å². The van der Waals surface area contributed by atoms with Crippen LogP contribution in [0.3, 0.4) is 0 Å². The molecule has 8 heteroatoms. The number of ether oxygens (including phenoxy) is 1. The molecule has 1 aromatic carbocycles. The first-order valence-electron chi connectivity index (χ1n) is 7.43. The van der Waals surface area contributed by atoms with Crippen LogP contribution in [0.2, 0.25) is 5.02 Å². The molecular formula is C15H24ClN3O3S. The summed E-state index contributed by atoms with van der Waals surface area (Å²) in [5.41, 5.74) is 0.954. The molecule has 0 unspecified atom stereocenters. The number of sulfone groups is 1. The molecule has 0 aromatic heterocycles. The highest BCUT2D eigenvalue weighted by Gasteiger charge is 2.02. The molecule has 0 atom stereocenters. The smallest absolute Gasteiger partial charge is 0.191 e. The number of hydrogen-bond acceptors (Lipinski definition) is 4. The second-order valence-corrected chi connectivity index (χ2v) is 7.62. The molecule has 0 saturated carbocycles. The summed E-state index contributed by atoms with van der Waals surface area (Å²) in [6, 6.07) is 7.58. The molecule has 1 rings (SSSR count). The molecule has 0 aliphatic heterocycles. The van der Waals surface area contributed by atoms with Gasteiger partial charge < -0.3 is 15.4 Å². The van der Waals surface area contributed by atoms with Gasteiger partial charge in [-0.3, -0.25) is 0 Å². The predicted octanol–water partition coefficient (Wildman–Crippen LogP) is 1.46. The van der Waals surface area contributed by atoms with Gasteiger partial charge >= 0.3 is 0 Å². The summed E-state index contributed by atoms with van der Waals surface area (Å²) in [4.78, 5) is 4.46. The van der Waals surface area contributed by atoms with Gasteiger partial charge in [-0.25, -0.2) is 13.4 Å². The van der Waals surface area contributed by atoms with Crippen LogP contribution in [0, 0.1) is 0 Å². The average Bonchev–Trinajstić information content (AvgIpc) is 2.48. The highest BCUT2D eigenvalue weighted by molar-refractivity contribution is 7.90. The Morgan fingerprint density at radius 2 is 2.00 bits per heavy atom. The molecule has 130 valence electrons. The maximum Gasteiger partial charge on any atom is 0.191 e. The van der Waals surface area contributed by atoms with E-state index < -0.39 is 9.84 Å². The number of rotatable bonds is 9. The van der Waals surface area contributed by atoms with Crippen LogP contribution in [0.25, 0.3) is 0 Å². The normalized spacial score (nSPS) is 12.2. The molecule has 0 aliphatic carbocycles. The lowest BCUT2D eigenvalue weighted by Gasteiger charge is -2.11. The molecule has 0 radical (unpaired) electrons. The summed E-state index contributed by atoms with van der Waals surface area (Å²) in [5.74, 6) is 0.701. The third-order valence-corrected chi connectivity index (χ3v) is 4.12. The zero-order valence-electron chi connectivity index (χ0n) is 13.5. The maximum absolute atomic E-state index is 11.0. The highest BCUT2D eigenvalue weighted by Crippen LogP contribution is 2.15. The van der Waals surface area contributed by atoms with Crippen molar-refractivity contribution in [2.45, 2.75) is 13.5 Å². The van der Waals surface area contributed by atoms with Crippen LogP contribution in [0.4, 0.5) is 0 Å². The van der Waals surface area contributed by atoms with Crippen molar-refractivity contribution < 1.29 is 13.2 Å². The minimum absolute atomic E-state index is 0.0354. The summed E-state index contributed by atoms with van der Waals surface area (Å²) in [6.07, 6.45) is 1.19. The molecule has 0 amide bonds. The number of nitrogens with zero attached hydrogens (tertiary/aromatic N) is 1. The quantitative estimate of drug-likeness (QED) is 0.395. The third-order valence-electron chi connectivity index (χ3n) is 2.85. The van der Waals surface area contributed by atoms with E-state index in [9.17, 15) is 8.42 Å². The van der Waals surface area contributed by atoms with Crippen molar-refractivity contribution in [1.82, 2.24) is 10.6 Å². The van der Waals surface area contributed by atoms with E-state index in [1.807, 2.05) is 31.2 Å². The Labute approximate surface area is 143 Å². The van der Waals surface area contributed by atoms with Crippen molar-refractivity contribution in [3.05, 3.63) is 34.9 Å². The summed E-state index contributed by atoms with van der Waals surface area (Å²) in [7, 11) is -2.97. The molecule has 1 aromatic rings. The Hall–Kier alpha value is -1.31. The molecule has 0 saturated heterocycles. The zero-order valence-corrected chi connectivity index (χ0v) is 15.1. The van der Waals surface area contributed by atoms with Crippen LogP contribution in [-0.4, -0.2) is 52.7 Å². The maximum atomic E-state index is 11.0. The molecule has 2 N–H and O–H groups in total. The summed E-state index contributed by atoms with van der Waals surface area (Å²) >= 11 is 6.10. The van der Waals surface area contributed by atoms with Gasteiger partial charge in [0.05, 0.1) is 25.5 Å². The van der Waals surface area contributed by atoms with E-state index in [2.05, 4.69) is 15.6 Å². The fourth-order valence-corrected chi connectivity index (χ4v) is 2.30. The van der Waals surface area contributed by atoms with Gasteiger partial charge in [-0.2, -0.15) is 0 Å². The van der Waals surface area contributed by atoms with Gasteiger partial charge in [0.2, 0.25) is 0 Å². The highest BCUT2D eigenvalue weighted by atomic mass is 35.5. The van der Waals surface area contributed by atoms with E-state index in [0.29, 0.717) is 30.7 Å². The van der Waals surface area contributed by atoms with Crippen LogP contribution in [0.1, 0.15) is 12.5 Å². The van der Waals surface area contributed by atoms with Crippen LogP contribution < -0.4 is 10.6 Å². The first-order valence-corrected chi connectivity index (χ1v) is 9.87. The molecule has 0 spiro atoms. The Morgan fingerprint density at radius 3 is 2.65 bits per heavy atom. The average molecular weight is 362 g/mol. The van der Waals surface area contributed by atoms with E-state index in [-0.39, 0.29) is 12.4 Å². The number of halogens is 1. The van der Waals surface area contributed by atoms with E-state index in [0.717, 1.165) is 12.1 Å². The number of benzene rings is 1. The number of guanidine groups is 1. The van der Waals surface area contributed by atoms with Gasteiger partial charge in [-0.05, 0) is 18.6 Å². The van der Waals surface area contributed by atoms with Crippen molar-refractivity contribution in [2.24, 2.45) is 4.99 Å². The summed E-state index contributed by atoms with van der Waals surface area (Å²) < 4.78 is 27.2. The Bertz CT molecular complexity index is 606. The Balaban J connectivity index is 2.37. The lowest BCUT2D eigenvalue weighted by atomic mass is 10.2. The van der Waals surface area contributed by atoms with Gasteiger partial charge in [0.25, 0.3) is 0 Å². The van der Waals surface area contributed by atoms with Crippen molar-refractivity contribution in [3.8, 4) is 0 Å². The number of hydrogen-bond donors (Lipinski definition) is 2. The predicted molar refractivity (Wildman–Crippen MR) is 94.8 cm³/mol. The van der Waals surface area contributed by atoms with Gasteiger partial charge in [-0.1, -0.05) is 29.8 Å². The Kier molecular flexibility index (Phi) is 8.98. The molecule has 0 bridgehead atoms. The minimum atomic E-state index is -2.97. The zero-order chi connectivity index (χ0) is 17.1. The molecule has 6 nitrogen and oxygen atoms in total. The van der Waals surface area contributed by atoms with Crippen LogP contribution >= 0.6 is 11.6 Å². The van der Waals surface area contributed by atoms with Crippen molar-refractivity contribution >= 4 is 27.4 Å².